The van der Waals surface area contributed by atoms with Gasteiger partial charge in [0.25, 0.3) is 0 Å². The summed E-state index contributed by atoms with van der Waals surface area (Å²) in [5.74, 6) is 0.455. The summed E-state index contributed by atoms with van der Waals surface area (Å²) in [6.45, 7) is 5.26. The molecule has 0 bridgehead atoms. The fraction of sp³-hybridized carbons (Fsp3) is 0.500. The van der Waals surface area contributed by atoms with E-state index in [0.29, 0.717) is 12.5 Å². The van der Waals surface area contributed by atoms with Crippen molar-refractivity contribution in [1.29, 1.82) is 0 Å². The van der Waals surface area contributed by atoms with Crippen LogP contribution in [0.3, 0.4) is 0 Å². The second-order valence-electron chi connectivity index (χ2n) is 4.80. The number of fused-ring (bicyclic) bond motifs is 1. The Bertz CT molecular complexity index is 357. The number of hydrogen-bond donors (Lipinski definition) is 1. The molecule has 2 rings (SSSR count). The van der Waals surface area contributed by atoms with Crippen molar-refractivity contribution >= 4 is 11.6 Å². The van der Waals surface area contributed by atoms with Crippen LogP contribution >= 0.6 is 11.6 Å². The molecule has 1 aliphatic rings. The van der Waals surface area contributed by atoms with Crippen LogP contribution in [0.1, 0.15) is 30.9 Å². The predicted octanol–water partition coefficient (Wildman–Crippen LogP) is 2.96. The summed E-state index contributed by atoms with van der Waals surface area (Å²) in [6, 6.07) is 6.17. The average Bonchev–Trinajstić information content (AvgIpc) is 2.34. The molecule has 2 heteroatoms. The van der Waals surface area contributed by atoms with Crippen LogP contribution < -0.4 is 5.73 Å². The minimum Gasteiger partial charge on any atom is -0.330 e. The monoisotopic (exact) mass is 209 g/mol. The quantitative estimate of drug-likeness (QED) is 0.756. The Labute approximate surface area is 90.3 Å². The van der Waals surface area contributed by atoms with E-state index in [9.17, 15) is 0 Å². The Morgan fingerprint density at radius 2 is 2.21 bits per heavy atom. The van der Waals surface area contributed by atoms with Crippen molar-refractivity contribution in [3.63, 3.8) is 0 Å². The molecule has 1 aromatic carbocycles. The van der Waals surface area contributed by atoms with Crippen molar-refractivity contribution in [2.75, 3.05) is 6.54 Å². The first kappa shape index (κ1) is 10.0. The van der Waals surface area contributed by atoms with Gasteiger partial charge in [-0.1, -0.05) is 31.5 Å². The fourth-order valence-electron chi connectivity index (χ4n) is 2.53. The molecule has 2 N–H and O–H groups in total. The zero-order valence-corrected chi connectivity index (χ0v) is 9.43. The maximum Gasteiger partial charge on any atom is 0.0409 e. The molecule has 0 fully saturated rings. The molecule has 1 nitrogen and oxygen atoms in total. The average molecular weight is 210 g/mol. The maximum absolute atomic E-state index is 6.00. The van der Waals surface area contributed by atoms with E-state index in [1.54, 1.807) is 0 Å². The first-order valence-electron chi connectivity index (χ1n) is 5.03. The third kappa shape index (κ3) is 1.45. The highest BCUT2D eigenvalue weighted by Gasteiger charge is 2.37. The lowest BCUT2D eigenvalue weighted by molar-refractivity contribution is 0.318. The number of hydrogen-bond acceptors (Lipinski definition) is 1. The highest BCUT2D eigenvalue weighted by atomic mass is 35.5. The highest BCUT2D eigenvalue weighted by Crippen LogP contribution is 2.46. The number of halogens is 1. The van der Waals surface area contributed by atoms with E-state index in [4.69, 9.17) is 17.3 Å². The summed E-state index contributed by atoms with van der Waals surface area (Å²) in [4.78, 5) is 0. The van der Waals surface area contributed by atoms with E-state index in [1.165, 1.54) is 11.1 Å². The summed E-state index contributed by atoms with van der Waals surface area (Å²) in [5.41, 5.74) is 8.87. The summed E-state index contributed by atoms with van der Waals surface area (Å²) >= 11 is 6.00. The Hall–Kier alpha value is -0.530. The van der Waals surface area contributed by atoms with Crippen LogP contribution in [0.15, 0.2) is 18.2 Å². The molecular formula is C12H16ClN. The van der Waals surface area contributed by atoms with Crippen molar-refractivity contribution < 1.29 is 0 Å². The molecule has 1 aromatic rings. The molecule has 0 aromatic heterocycles. The van der Waals surface area contributed by atoms with Gasteiger partial charge >= 0.3 is 0 Å². The molecule has 0 heterocycles. The molecule has 0 aliphatic heterocycles. The topological polar surface area (TPSA) is 26.0 Å². The molecule has 0 saturated heterocycles. The second kappa shape index (κ2) is 3.25. The van der Waals surface area contributed by atoms with Crippen LogP contribution in [0.4, 0.5) is 0 Å². The van der Waals surface area contributed by atoms with Crippen LogP contribution in [-0.4, -0.2) is 6.54 Å². The summed E-state index contributed by atoms with van der Waals surface area (Å²) in [6.07, 6.45) is 1.11. The molecule has 14 heavy (non-hydrogen) atoms. The van der Waals surface area contributed by atoms with Crippen molar-refractivity contribution in [2.24, 2.45) is 11.1 Å². The molecule has 1 aliphatic carbocycles. The Morgan fingerprint density at radius 1 is 1.50 bits per heavy atom. The Kier molecular flexibility index (Phi) is 2.32. The molecule has 1 atom stereocenters. The lowest BCUT2D eigenvalue weighted by atomic mass is 9.80. The van der Waals surface area contributed by atoms with Gasteiger partial charge in [-0.3, -0.25) is 0 Å². The van der Waals surface area contributed by atoms with Gasteiger partial charge in [0.1, 0.15) is 0 Å². The standard InChI is InChI=1S/C12H16ClN/c1-12(2)6-8-3-4-9(13)5-10(8)11(12)7-14/h3-5,11H,6-7,14H2,1-2H3. The SMILES string of the molecule is CC1(C)Cc2ccc(Cl)cc2C1CN. The molecule has 0 saturated carbocycles. The first-order valence-corrected chi connectivity index (χ1v) is 5.41. The minimum absolute atomic E-state index is 0.280. The van der Waals surface area contributed by atoms with Gasteiger partial charge in [0, 0.05) is 10.9 Å². The molecule has 0 spiro atoms. The molecule has 0 amide bonds. The van der Waals surface area contributed by atoms with E-state index in [-0.39, 0.29) is 5.41 Å². The van der Waals surface area contributed by atoms with Gasteiger partial charge in [0.15, 0.2) is 0 Å². The minimum atomic E-state index is 0.280. The van der Waals surface area contributed by atoms with Crippen molar-refractivity contribution in [1.82, 2.24) is 0 Å². The van der Waals surface area contributed by atoms with Crippen molar-refractivity contribution in [2.45, 2.75) is 26.2 Å². The third-order valence-corrected chi connectivity index (χ3v) is 3.54. The van der Waals surface area contributed by atoms with Gasteiger partial charge in [-0.25, -0.2) is 0 Å². The van der Waals surface area contributed by atoms with E-state index < -0.39 is 0 Å². The van der Waals surface area contributed by atoms with Crippen LogP contribution in [0.25, 0.3) is 0 Å². The van der Waals surface area contributed by atoms with Crippen LogP contribution in [0.2, 0.25) is 5.02 Å². The highest BCUT2D eigenvalue weighted by molar-refractivity contribution is 6.30. The van der Waals surface area contributed by atoms with Crippen LogP contribution in [0, 0.1) is 5.41 Å². The zero-order chi connectivity index (χ0) is 10.3. The first-order chi connectivity index (χ1) is 6.54. The van der Waals surface area contributed by atoms with Gasteiger partial charge in [0.2, 0.25) is 0 Å². The van der Waals surface area contributed by atoms with Gasteiger partial charge < -0.3 is 5.73 Å². The Balaban J connectivity index is 2.49. The van der Waals surface area contributed by atoms with Gasteiger partial charge in [-0.15, -0.1) is 0 Å². The van der Waals surface area contributed by atoms with E-state index in [2.05, 4.69) is 26.0 Å². The van der Waals surface area contributed by atoms with Crippen molar-refractivity contribution in [3.05, 3.63) is 34.3 Å². The number of nitrogens with two attached hydrogens (primary N) is 1. The fourth-order valence-corrected chi connectivity index (χ4v) is 2.71. The van der Waals surface area contributed by atoms with E-state index in [0.717, 1.165) is 11.4 Å². The zero-order valence-electron chi connectivity index (χ0n) is 8.68. The summed E-state index contributed by atoms with van der Waals surface area (Å²) in [5, 5.41) is 0.819. The van der Waals surface area contributed by atoms with Gasteiger partial charge in [-0.2, -0.15) is 0 Å². The largest absolute Gasteiger partial charge is 0.330 e. The normalized spacial score (nSPS) is 23.6. The smallest absolute Gasteiger partial charge is 0.0409 e. The number of benzene rings is 1. The third-order valence-electron chi connectivity index (χ3n) is 3.31. The van der Waals surface area contributed by atoms with Crippen LogP contribution in [0.5, 0.6) is 0 Å². The molecule has 76 valence electrons. The van der Waals surface area contributed by atoms with Crippen LogP contribution in [-0.2, 0) is 6.42 Å². The lowest BCUT2D eigenvalue weighted by Gasteiger charge is -2.26. The second-order valence-corrected chi connectivity index (χ2v) is 5.23. The van der Waals surface area contributed by atoms with E-state index in [1.807, 2.05) is 6.07 Å². The Morgan fingerprint density at radius 3 is 2.86 bits per heavy atom. The molecule has 1 unspecified atom stereocenters. The van der Waals surface area contributed by atoms with Gasteiger partial charge in [0.05, 0.1) is 0 Å². The molecule has 0 radical (unpaired) electrons. The predicted molar refractivity (Wildman–Crippen MR) is 60.7 cm³/mol. The summed E-state index contributed by atoms with van der Waals surface area (Å²) in [7, 11) is 0. The lowest BCUT2D eigenvalue weighted by Crippen LogP contribution is -2.24. The maximum atomic E-state index is 6.00. The van der Waals surface area contributed by atoms with Crippen molar-refractivity contribution in [3.8, 4) is 0 Å². The van der Waals surface area contributed by atoms with Gasteiger partial charge in [-0.05, 0) is 41.6 Å². The molecular weight excluding hydrogens is 194 g/mol. The summed E-state index contributed by atoms with van der Waals surface area (Å²) < 4.78 is 0. The van der Waals surface area contributed by atoms with E-state index >= 15 is 0 Å². The number of rotatable bonds is 1.